The van der Waals surface area contributed by atoms with E-state index in [1.807, 2.05) is 0 Å². The van der Waals surface area contributed by atoms with Crippen LogP contribution in [-0.4, -0.2) is 14.8 Å². The van der Waals surface area contributed by atoms with Crippen LogP contribution in [-0.2, 0) is 7.05 Å². The molecule has 0 aliphatic carbocycles. The highest BCUT2D eigenvalue weighted by molar-refractivity contribution is 5.71. The molecule has 2 rings (SSSR count). The molecule has 0 bridgehead atoms. The van der Waals surface area contributed by atoms with Crippen LogP contribution in [0.1, 0.15) is 0 Å². The Morgan fingerprint density at radius 3 is 2.64 bits per heavy atom. The Bertz CT molecular complexity index is 427. The normalized spacial score (nSPS) is 10.4. The van der Waals surface area contributed by atoms with E-state index in [1.165, 1.54) is 12.3 Å². The van der Waals surface area contributed by atoms with Gasteiger partial charge in [0.2, 0.25) is 5.95 Å². The topological polar surface area (TPSA) is 56.7 Å². The molecular weight excluding hydrogens is 183 g/mol. The Morgan fingerprint density at radius 2 is 2.14 bits per heavy atom. The molecule has 4 nitrogen and oxygen atoms in total. The maximum atomic E-state index is 12.6. The summed E-state index contributed by atoms with van der Waals surface area (Å²) in [6, 6.07) is 2.91. The molecule has 0 radical (unpaired) electrons. The third kappa shape index (κ3) is 1.32. The van der Waals surface area contributed by atoms with Crippen LogP contribution in [0.2, 0.25) is 0 Å². The van der Waals surface area contributed by atoms with Gasteiger partial charge in [0.1, 0.15) is 0 Å². The van der Waals surface area contributed by atoms with Gasteiger partial charge in [-0.15, -0.1) is 0 Å². The minimum atomic E-state index is -0.505. The number of aromatic nitrogens is 3. The number of rotatable bonds is 1. The van der Waals surface area contributed by atoms with E-state index in [2.05, 4.69) is 10.1 Å². The van der Waals surface area contributed by atoms with Crippen molar-refractivity contribution in [2.75, 3.05) is 5.73 Å². The summed E-state index contributed by atoms with van der Waals surface area (Å²) in [5.41, 5.74) is 7.76. The molecule has 14 heavy (non-hydrogen) atoms. The molecule has 0 amide bonds. The molecule has 2 aromatic rings. The smallest absolute Gasteiger partial charge is 0.212 e. The lowest BCUT2D eigenvalue weighted by atomic mass is 10.2. The van der Waals surface area contributed by atoms with E-state index in [0.717, 1.165) is 11.3 Å². The quantitative estimate of drug-likeness (QED) is 0.691. The summed E-state index contributed by atoms with van der Waals surface area (Å²) in [6.07, 6.45) is 2.99. The molecule has 0 aromatic carbocycles. The third-order valence-electron chi connectivity index (χ3n) is 1.97. The Labute approximate surface area is 80.2 Å². The highest BCUT2D eigenvalue weighted by Gasteiger charge is 2.08. The number of nitrogens with zero attached hydrogens (tertiary/aromatic N) is 3. The molecule has 0 fully saturated rings. The van der Waals surface area contributed by atoms with Gasteiger partial charge in [-0.25, -0.2) is 4.98 Å². The SMILES string of the molecule is Cn1ncc(N)c1-c1ccc(F)nc1. The van der Waals surface area contributed by atoms with Crippen LogP contribution in [0.15, 0.2) is 24.5 Å². The zero-order valence-corrected chi connectivity index (χ0v) is 7.61. The lowest BCUT2D eigenvalue weighted by molar-refractivity contribution is 0.584. The summed E-state index contributed by atoms with van der Waals surface area (Å²) in [7, 11) is 1.77. The number of pyridine rings is 1. The fourth-order valence-corrected chi connectivity index (χ4v) is 1.32. The van der Waals surface area contributed by atoms with Gasteiger partial charge in [-0.2, -0.15) is 9.49 Å². The van der Waals surface area contributed by atoms with Crippen molar-refractivity contribution < 1.29 is 4.39 Å². The number of nitrogen functional groups attached to an aromatic ring is 1. The van der Waals surface area contributed by atoms with Gasteiger partial charge in [-0.3, -0.25) is 4.68 Å². The summed E-state index contributed by atoms with van der Waals surface area (Å²) >= 11 is 0. The van der Waals surface area contributed by atoms with E-state index in [1.54, 1.807) is 24.0 Å². The van der Waals surface area contributed by atoms with Crippen LogP contribution in [0, 0.1) is 5.95 Å². The lowest BCUT2D eigenvalue weighted by Gasteiger charge is -2.02. The van der Waals surface area contributed by atoms with E-state index >= 15 is 0 Å². The largest absolute Gasteiger partial charge is 0.396 e. The van der Waals surface area contributed by atoms with Crippen molar-refractivity contribution in [1.82, 2.24) is 14.8 Å². The number of hydrogen-bond acceptors (Lipinski definition) is 3. The Hall–Kier alpha value is -1.91. The summed E-state index contributed by atoms with van der Waals surface area (Å²) in [6.45, 7) is 0. The number of nitrogens with two attached hydrogens (primary N) is 1. The Balaban J connectivity index is 2.54. The molecule has 0 aliphatic heterocycles. The third-order valence-corrected chi connectivity index (χ3v) is 1.97. The van der Waals surface area contributed by atoms with Gasteiger partial charge in [0.15, 0.2) is 0 Å². The zero-order chi connectivity index (χ0) is 10.1. The molecule has 5 heteroatoms. The average Bonchev–Trinajstić information content (AvgIpc) is 2.49. The minimum Gasteiger partial charge on any atom is -0.396 e. The number of hydrogen-bond donors (Lipinski definition) is 1. The van der Waals surface area contributed by atoms with Gasteiger partial charge in [0, 0.05) is 18.8 Å². The first-order valence-corrected chi connectivity index (χ1v) is 4.08. The van der Waals surface area contributed by atoms with Gasteiger partial charge in [0.05, 0.1) is 17.6 Å². The number of halogens is 1. The zero-order valence-electron chi connectivity index (χ0n) is 7.61. The standard InChI is InChI=1S/C9H9FN4/c1-14-9(7(11)5-13-14)6-2-3-8(10)12-4-6/h2-5H,11H2,1H3. The molecule has 0 saturated carbocycles. The Morgan fingerprint density at radius 1 is 1.36 bits per heavy atom. The maximum absolute atomic E-state index is 12.6. The first-order chi connectivity index (χ1) is 6.68. The highest BCUT2D eigenvalue weighted by Crippen LogP contribution is 2.23. The molecule has 0 unspecified atom stereocenters. The molecule has 2 aromatic heterocycles. The van der Waals surface area contributed by atoms with Gasteiger partial charge < -0.3 is 5.73 Å². The first kappa shape index (κ1) is 8.68. The van der Waals surface area contributed by atoms with E-state index < -0.39 is 5.95 Å². The van der Waals surface area contributed by atoms with E-state index in [9.17, 15) is 4.39 Å². The van der Waals surface area contributed by atoms with E-state index in [-0.39, 0.29) is 0 Å². The molecule has 0 saturated heterocycles. The van der Waals surface area contributed by atoms with Crippen LogP contribution >= 0.6 is 0 Å². The summed E-state index contributed by atoms with van der Waals surface area (Å²) in [5.74, 6) is -0.505. The average molecular weight is 192 g/mol. The first-order valence-electron chi connectivity index (χ1n) is 4.08. The van der Waals surface area contributed by atoms with Crippen molar-refractivity contribution in [3.05, 3.63) is 30.5 Å². The molecule has 0 atom stereocenters. The second-order valence-corrected chi connectivity index (χ2v) is 2.94. The van der Waals surface area contributed by atoms with Crippen molar-refractivity contribution in [2.45, 2.75) is 0 Å². The molecule has 72 valence electrons. The van der Waals surface area contributed by atoms with E-state index in [4.69, 9.17) is 5.73 Å². The second kappa shape index (κ2) is 3.10. The number of aryl methyl sites for hydroxylation is 1. The van der Waals surface area contributed by atoms with Crippen molar-refractivity contribution in [2.24, 2.45) is 7.05 Å². The summed E-state index contributed by atoms with van der Waals surface area (Å²) in [5, 5.41) is 3.99. The van der Waals surface area contributed by atoms with Gasteiger partial charge in [-0.1, -0.05) is 0 Å². The monoisotopic (exact) mass is 192 g/mol. The molecule has 2 N–H and O–H groups in total. The summed E-state index contributed by atoms with van der Waals surface area (Å²) in [4.78, 5) is 3.55. The highest BCUT2D eigenvalue weighted by atomic mass is 19.1. The van der Waals surface area contributed by atoms with Crippen LogP contribution < -0.4 is 5.73 Å². The van der Waals surface area contributed by atoms with Crippen LogP contribution in [0.3, 0.4) is 0 Å². The predicted octanol–water partition coefficient (Wildman–Crippen LogP) is 1.20. The summed E-state index contributed by atoms with van der Waals surface area (Å²) < 4.78 is 14.2. The lowest BCUT2D eigenvalue weighted by Crippen LogP contribution is -1.96. The molecule has 2 heterocycles. The van der Waals surface area contributed by atoms with Crippen molar-refractivity contribution in [1.29, 1.82) is 0 Å². The molecule has 0 spiro atoms. The van der Waals surface area contributed by atoms with Crippen LogP contribution in [0.5, 0.6) is 0 Å². The molecular formula is C9H9FN4. The fourth-order valence-electron chi connectivity index (χ4n) is 1.32. The predicted molar refractivity (Wildman–Crippen MR) is 50.8 cm³/mol. The fraction of sp³-hybridized carbons (Fsp3) is 0.111. The minimum absolute atomic E-state index is 0.505. The van der Waals surface area contributed by atoms with Crippen molar-refractivity contribution >= 4 is 5.69 Å². The van der Waals surface area contributed by atoms with Gasteiger partial charge in [0.25, 0.3) is 0 Å². The maximum Gasteiger partial charge on any atom is 0.212 e. The van der Waals surface area contributed by atoms with Crippen LogP contribution in [0.4, 0.5) is 10.1 Å². The van der Waals surface area contributed by atoms with Crippen molar-refractivity contribution in [3.8, 4) is 11.3 Å². The van der Waals surface area contributed by atoms with Crippen molar-refractivity contribution in [3.63, 3.8) is 0 Å². The second-order valence-electron chi connectivity index (χ2n) is 2.94. The van der Waals surface area contributed by atoms with E-state index in [0.29, 0.717) is 5.69 Å². The van der Waals surface area contributed by atoms with Gasteiger partial charge >= 0.3 is 0 Å². The van der Waals surface area contributed by atoms with Crippen LogP contribution in [0.25, 0.3) is 11.3 Å². The molecule has 0 aliphatic rings. The number of anilines is 1. The van der Waals surface area contributed by atoms with Gasteiger partial charge in [-0.05, 0) is 12.1 Å². The Kier molecular flexibility index (Phi) is 1.92.